The molecule has 166 valence electrons. The summed E-state index contributed by atoms with van der Waals surface area (Å²) in [7, 11) is 0. The number of nitrogens with zero attached hydrogens (tertiary/aromatic N) is 5. The maximum atomic E-state index is 12.9. The van der Waals surface area contributed by atoms with Gasteiger partial charge in [-0.2, -0.15) is 0 Å². The number of nitrogens with one attached hydrogen (secondary N) is 2. The first kappa shape index (κ1) is 20.5. The molecule has 1 saturated heterocycles. The summed E-state index contributed by atoms with van der Waals surface area (Å²) in [5, 5.41) is 13.2. The predicted octanol–water partition coefficient (Wildman–Crippen LogP) is 0.740. The van der Waals surface area contributed by atoms with E-state index in [1.54, 1.807) is 48.9 Å². The van der Waals surface area contributed by atoms with Crippen molar-refractivity contribution in [1.82, 2.24) is 30.2 Å². The van der Waals surface area contributed by atoms with Crippen LogP contribution in [0.4, 0.5) is 5.69 Å². The van der Waals surface area contributed by atoms with E-state index < -0.39 is 11.9 Å². The highest BCUT2D eigenvalue weighted by Gasteiger charge is 2.39. The zero-order chi connectivity index (χ0) is 22.9. The zero-order valence-electron chi connectivity index (χ0n) is 17.4. The lowest BCUT2D eigenvalue weighted by atomic mass is 10.0. The van der Waals surface area contributed by atoms with Gasteiger partial charge in [0.15, 0.2) is 0 Å². The Bertz CT molecular complexity index is 1270. The van der Waals surface area contributed by atoms with Gasteiger partial charge < -0.3 is 10.2 Å². The summed E-state index contributed by atoms with van der Waals surface area (Å²) in [6.45, 7) is 0.110. The lowest BCUT2D eigenvalue weighted by Gasteiger charge is -2.29. The highest BCUT2D eigenvalue weighted by molar-refractivity contribution is 6.06. The Labute approximate surface area is 187 Å². The van der Waals surface area contributed by atoms with E-state index >= 15 is 0 Å². The molecule has 0 bridgehead atoms. The number of fused-ring (bicyclic) bond motifs is 1. The van der Waals surface area contributed by atoms with Crippen molar-refractivity contribution in [2.45, 2.75) is 32.0 Å². The lowest BCUT2D eigenvalue weighted by molar-refractivity contribution is -0.137. The van der Waals surface area contributed by atoms with Crippen molar-refractivity contribution < 1.29 is 19.2 Å². The van der Waals surface area contributed by atoms with Crippen LogP contribution < -0.4 is 10.6 Å². The van der Waals surface area contributed by atoms with Crippen LogP contribution in [0.3, 0.4) is 0 Å². The second-order valence-corrected chi connectivity index (χ2v) is 7.82. The van der Waals surface area contributed by atoms with Gasteiger partial charge >= 0.3 is 0 Å². The molecule has 4 amide bonds. The van der Waals surface area contributed by atoms with E-state index in [0.717, 1.165) is 5.56 Å². The van der Waals surface area contributed by atoms with Gasteiger partial charge in [0.25, 0.3) is 5.91 Å². The molecule has 2 N–H and O–H groups in total. The number of amides is 4. The number of rotatable bonds is 5. The number of pyridine rings is 1. The number of carbonyl (C=O) groups is 4. The lowest BCUT2D eigenvalue weighted by Crippen LogP contribution is -2.52. The molecule has 0 radical (unpaired) electrons. The third-order valence-corrected chi connectivity index (χ3v) is 5.68. The van der Waals surface area contributed by atoms with Crippen LogP contribution in [0.15, 0.2) is 48.9 Å². The first-order valence-electron chi connectivity index (χ1n) is 10.4. The summed E-state index contributed by atoms with van der Waals surface area (Å²) < 4.78 is 1.43. The van der Waals surface area contributed by atoms with Crippen molar-refractivity contribution in [2.75, 3.05) is 5.32 Å². The minimum absolute atomic E-state index is 0.0629. The van der Waals surface area contributed by atoms with E-state index in [9.17, 15) is 19.2 Å². The molecule has 5 rings (SSSR count). The fourth-order valence-electron chi connectivity index (χ4n) is 4.07. The van der Waals surface area contributed by atoms with Gasteiger partial charge in [-0.15, -0.1) is 5.10 Å². The van der Waals surface area contributed by atoms with Crippen molar-refractivity contribution in [2.24, 2.45) is 0 Å². The third-order valence-electron chi connectivity index (χ3n) is 5.68. The Kier molecular flexibility index (Phi) is 5.13. The molecule has 1 unspecified atom stereocenters. The van der Waals surface area contributed by atoms with Crippen LogP contribution in [0.5, 0.6) is 0 Å². The molecule has 4 heterocycles. The average molecular weight is 445 g/mol. The van der Waals surface area contributed by atoms with Gasteiger partial charge in [0.05, 0.1) is 6.20 Å². The molecule has 0 aliphatic carbocycles. The average Bonchev–Trinajstić information content (AvgIpc) is 3.40. The van der Waals surface area contributed by atoms with Gasteiger partial charge in [0.2, 0.25) is 17.7 Å². The van der Waals surface area contributed by atoms with Crippen LogP contribution >= 0.6 is 0 Å². The number of aromatic nitrogens is 4. The Morgan fingerprint density at radius 2 is 1.97 bits per heavy atom. The Hall–Kier alpha value is -4.41. The highest BCUT2D eigenvalue weighted by Crippen LogP contribution is 2.32. The molecule has 0 spiro atoms. The van der Waals surface area contributed by atoms with Gasteiger partial charge in [-0.1, -0.05) is 11.3 Å². The molecule has 0 saturated carbocycles. The molecule has 1 atom stereocenters. The molecular weight excluding hydrogens is 426 g/mol. The molecule has 1 fully saturated rings. The van der Waals surface area contributed by atoms with Gasteiger partial charge in [0.1, 0.15) is 18.3 Å². The molecule has 11 nitrogen and oxygen atoms in total. The molecule has 2 aliphatic heterocycles. The minimum atomic E-state index is -0.715. The number of piperidine rings is 1. The summed E-state index contributed by atoms with van der Waals surface area (Å²) >= 11 is 0. The summed E-state index contributed by atoms with van der Waals surface area (Å²) in [4.78, 5) is 54.7. The summed E-state index contributed by atoms with van der Waals surface area (Å²) in [5.41, 5.74) is 3.02. The normalized spacial score (nSPS) is 17.6. The molecule has 1 aromatic carbocycles. The van der Waals surface area contributed by atoms with Crippen LogP contribution in [0, 0.1) is 0 Å². The number of imide groups is 1. The van der Waals surface area contributed by atoms with Crippen LogP contribution in [-0.2, 0) is 27.5 Å². The zero-order valence-corrected chi connectivity index (χ0v) is 17.4. The second kappa shape index (κ2) is 8.26. The maximum absolute atomic E-state index is 12.9. The largest absolute Gasteiger partial charge is 0.324 e. The molecule has 2 aromatic heterocycles. The van der Waals surface area contributed by atoms with Crippen molar-refractivity contribution in [1.29, 1.82) is 0 Å². The molecule has 11 heteroatoms. The van der Waals surface area contributed by atoms with E-state index in [1.807, 2.05) is 0 Å². The highest BCUT2D eigenvalue weighted by atomic mass is 16.2. The van der Waals surface area contributed by atoms with E-state index in [0.29, 0.717) is 22.5 Å². The Balaban J connectivity index is 1.29. The SMILES string of the molecule is O=C1CCC(N2Cc3c(NC(=O)Cn4cc(-c5ccncc5)nn4)cccc3C2=O)C(=O)N1. The Morgan fingerprint density at radius 1 is 1.15 bits per heavy atom. The number of anilines is 1. The summed E-state index contributed by atoms with van der Waals surface area (Å²) in [5.74, 6) is -1.45. The molecule has 3 aromatic rings. The van der Waals surface area contributed by atoms with Crippen molar-refractivity contribution in [3.8, 4) is 11.3 Å². The second-order valence-electron chi connectivity index (χ2n) is 7.82. The first-order valence-corrected chi connectivity index (χ1v) is 10.4. The number of hydrogen-bond acceptors (Lipinski definition) is 7. The van der Waals surface area contributed by atoms with Crippen LogP contribution in [0.1, 0.15) is 28.8 Å². The van der Waals surface area contributed by atoms with Gasteiger partial charge in [0, 0.05) is 47.7 Å². The van der Waals surface area contributed by atoms with Crippen molar-refractivity contribution in [3.63, 3.8) is 0 Å². The van der Waals surface area contributed by atoms with Gasteiger partial charge in [-0.25, -0.2) is 4.68 Å². The van der Waals surface area contributed by atoms with E-state index in [2.05, 4.69) is 25.9 Å². The smallest absolute Gasteiger partial charge is 0.255 e. The molecular formula is C22H19N7O4. The summed E-state index contributed by atoms with van der Waals surface area (Å²) in [6, 6.07) is 7.93. The third kappa shape index (κ3) is 3.95. The standard InChI is InChI=1S/C22H19N7O4/c30-19-5-4-18(21(32)25-19)29-10-15-14(22(29)33)2-1-3-16(15)24-20(31)12-28-11-17(26-27-28)13-6-8-23-9-7-13/h1-3,6-9,11,18H,4-5,10,12H2,(H,24,31)(H,25,30,32). The van der Waals surface area contributed by atoms with Crippen molar-refractivity contribution >= 4 is 29.3 Å². The first-order chi connectivity index (χ1) is 16.0. The quantitative estimate of drug-likeness (QED) is 0.552. The number of carbonyl (C=O) groups excluding carboxylic acids is 4. The fraction of sp³-hybridized carbons (Fsp3) is 0.227. The maximum Gasteiger partial charge on any atom is 0.255 e. The predicted molar refractivity (Wildman–Crippen MR) is 114 cm³/mol. The van der Waals surface area contributed by atoms with Crippen LogP contribution in [0.2, 0.25) is 0 Å². The number of benzene rings is 1. The number of hydrogen-bond donors (Lipinski definition) is 2. The van der Waals surface area contributed by atoms with E-state index in [1.165, 1.54) is 9.58 Å². The summed E-state index contributed by atoms with van der Waals surface area (Å²) in [6.07, 6.45) is 5.42. The van der Waals surface area contributed by atoms with Crippen LogP contribution in [-0.4, -0.2) is 54.5 Å². The fourth-order valence-corrected chi connectivity index (χ4v) is 4.07. The van der Waals surface area contributed by atoms with E-state index in [-0.39, 0.29) is 43.7 Å². The molecule has 2 aliphatic rings. The Morgan fingerprint density at radius 3 is 2.76 bits per heavy atom. The van der Waals surface area contributed by atoms with Gasteiger partial charge in [-0.3, -0.25) is 29.5 Å². The monoisotopic (exact) mass is 445 g/mol. The van der Waals surface area contributed by atoms with E-state index in [4.69, 9.17) is 0 Å². The van der Waals surface area contributed by atoms with Gasteiger partial charge in [-0.05, 0) is 30.7 Å². The van der Waals surface area contributed by atoms with Crippen molar-refractivity contribution in [3.05, 3.63) is 60.0 Å². The minimum Gasteiger partial charge on any atom is -0.324 e. The van der Waals surface area contributed by atoms with Crippen LogP contribution in [0.25, 0.3) is 11.3 Å². The molecule has 33 heavy (non-hydrogen) atoms. The topological polar surface area (TPSA) is 139 Å².